The second kappa shape index (κ2) is 9.27. The average molecular weight is 430 g/mol. The first-order chi connectivity index (χ1) is 11.7. The van der Waals surface area contributed by atoms with Crippen LogP contribution in [-0.4, -0.2) is 37.0 Å². The van der Waals surface area contributed by atoms with Crippen molar-refractivity contribution in [3.63, 3.8) is 0 Å². The minimum atomic E-state index is -0.0511. The number of carbonyl (C=O) groups excluding carboxylic acids is 1. The van der Waals surface area contributed by atoms with E-state index < -0.39 is 0 Å². The highest BCUT2D eigenvalue weighted by Crippen LogP contribution is 2.19. The Morgan fingerprint density at radius 2 is 2.08 bits per heavy atom. The number of likely N-dealkylation sites (tertiary alicyclic amines) is 1. The van der Waals surface area contributed by atoms with Crippen molar-refractivity contribution in [2.45, 2.75) is 25.5 Å². The van der Waals surface area contributed by atoms with Crippen LogP contribution in [0.5, 0.6) is 5.75 Å². The normalized spacial score (nSPS) is 17.0. The third-order valence-corrected chi connectivity index (χ3v) is 4.71. The Morgan fingerprint density at radius 1 is 1.32 bits per heavy atom. The van der Waals surface area contributed by atoms with Gasteiger partial charge in [-0.1, -0.05) is 15.9 Å². The van der Waals surface area contributed by atoms with Crippen molar-refractivity contribution >= 4 is 34.2 Å². The standard InChI is InChI=1S/C18H21BrN2O3.ClH/c1-20-14-3-2-10-21(11-14)18(22)17-9-8-16(24-17)12-23-15-6-4-13(19)5-7-15;/h4-9,14,20H,2-3,10-12H2,1H3;1H. The molecule has 0 spiro atoms. The molecule has 1 N–H and O–H groups in total. The van der Waals surface area contributed by atoms with E-state index in [1.54, 1.807) is 12.1 Å². The van der Waals surface area contributed by atoms with Gasteiger partial charge in [0, 0.05) is 23.6 Å². The summed E-state index contributed by atoms with van der Waals surface area (Å²) in [6.45, 7) is 1.80. The number of nitrogens with one attached hydrogen (secondary N) is 1. The molecule has 1 aromatic heterocycles. The predicted molar refractivity (Wildman–Crippen MR) is 102 cm³/mol. The number of halogens is 2. The molecule has 0 saturated carbocycles. The van der Waals surface area contributed by atoms with Gasteiger partial charge in [-0.3, -0.25) is 4.79 Å². The molecular weight excluding hydrogens is 408 g/mol. The highest BCUT2D eigenvalue weighted by molar-refractivity contribution is 9.10. The maximum Gasteiger partial charge on any atom is 0.289 e. The number of benzene rings is 1. The van der Waals surface area contributed by atoms with Crippen LogP contribution in [0.15, 0.2) is 45.3 Å². The highest BCUT2D eigenvalue weighted by atomic mass is 79.9. The molecule has 0 radical (unpaired) electrons. The number of rotatable bonds is 5. The number of hydrogen-bond donors (Lipinski definition) is 1. The lowest BCUT2D eigenvalue weighted by molar-refractivity contribution is 0.0662. The van der Waals surface area contributed by atoms with Gasteiger partial charge in [0.05, 0.1) is 0 Å². The largest absolute Gasteiger partial charge is 0.486 e. The van der Waals surface area contributed by atoms with Crippen LogP contribution in [0.3, 0.4) is 0 Å². The highest BCUT2D eigenvalue weighted by Gasteiger charge is 2.25. The molecule has 136 valence electrons. The van der Waals surface area contributed by atoms with Crippen molar-refractivity contribution in [3.8, 4) is 5.75 Å². The minimum absolute atomic E-state index is 0. The lowest BCUT2D eigenvalue weighted by atomic mass is 10.1. The van der Waals surface area contributed by atoms with Gasteiger partial charge in [0.1, 0.15) is 18.1 Å². The third kappa shape index (κ3) is 5.23. The Balaban J connectivity index is 0.00000225. The zero-order valence-electron chi connectivity index (χ0n) is 14.0. The van der Waals surface area contributed by atoms with Crippen LogP contribution in [0.4, 0.5) is 0 Å². The lowest BCUT2D eigenvalue weighted by Gasteiger charge is -2.31. The Kier molecular flexibility index (Phi) is 7.35. The van der Waals surface area contributed by atoms with E-state index in [-0.39, 0.29) is 18.3 Å². The van der Waals surface area contributed by atoms with Crippen LogP contribution >= 0.6 is 28.3 Å². The third-order valence-electron chi connectivity index (χ3n) is 4.18. The summed E-state index contributed by atoms with van der Waals surface area (Å²) < 4.78 is 12.3. The van der Waals surface area contributed by atoms with E-state index in [1.165, 1.54) is 0 Å². The monoisotopic (exact) mass is 428 g/mol. The SMILES string of the molecule is CNC1CCCN(C(=O)c2ccc(COc3ccc(Br)cc3)o2)C1.Cl. The molecule has 0 aliphatic carbocycles. The predicted octanol–water partition coefficient (Wildman–Crippen LogP) is 3.87. The summed E-state index contributed by atoms with van der Waals surface area (Å²) in [5.74, 6) is 1.73. The number of carbonyl (C=O) groups is 1. The minimum Gasteiger partial charge on any atom is -0.486 e. The summed E-state index contributed by atoms with van der Waals surface area (Å²) in [6.07, 6.45) is 2.11. The summed E-state index contributed by atoms with van der Waals surface area (Å²) in [5.41, 5.74) is 0. The van der Waals surface area contributed by atoms with Crippen LogP contribution in [-0.2, 0) is 6.61 Å². The van der Waals surface area contributed by atoms with Gasteiger partial charge in [0.15, 0.2) is 5.76 Å². The van der Waals surface area contributed by atoms with E-state index in [2.05, 4.69) is 21.2 Å². The quantitative estimate of drug-likeness (QED) is 0.784. The van der Waals surface area contributed by atoms with Crippen LogP contribution in [0.1, 0.15) is 29.2 Å². The van der Waals surface area contributed by atoms with Gasteiger partial charge in [-0.25, -0.2) is 0 Å². The molecule has 5 nitrogen and oxygen atoms in total. The van der Waals surface area contributed by atoms with Crippen LogP contribution in [0.2, 0.25) is 0 Å². The van der Waals surface area contributed by atoms with Crippen molar-refractivity contribution < 1.29 is 13.9 Å². The summed E-state index contributed by atoms with van der Waals surface area (Å²) in [6, 6.07) is 11.5. The lowest BCUT2D eigenvalue weighted by Crippen LogP contribution is -2.46. The molecule has 2 aromatic rings. The number of furan rings is 1. The summed E-state index contributed by atoms with van der Waals surface area (Å²) >= 11 is 3.39. The second-order valence-corrected chi connectivity index (χ2v) is 6.80. The smallest absolute Gasteiger partial charge is 0.289 e. The Hall–Kier alpha value is -1.50. The number of amides is 1. The Labute approximate surface area is 162 Å². The first-order valence-electron chi connectivity index (χ1n) is 8.09. The van der Waals surface area contributed by atoms with Crippen molar-refractivity contribution in [1.29, 1.82) is 0 Å². The number of likely N-dealkylation sites (N-methyl/N-ethyl adjacent to an activating group) is 1. The van der Waals surface area contributed by atoms with E-state index in [0.29, 0.717) is 24.2 Å². The number of nitrogens with zero attached hydrogens (tertiary/aromatic N) is 1. The molecule has 1 aliphatic heterocycles. The fourth-order valence-electron chi connectivity index (χ4n) is 2.81. The van der Waals surface area contributed by atoms with Crippen LogP contribution in [0, 0.1) is 0 Å². The molecule has 3 rings (SSSR count). The van der Waals surface area contributed by atoms with Gasteiger partial charge in [-0.15, -0.1) is 12.4 Å². The molecule has 0 bridgehead atoms. The Bertz CT molecular complexity index is 690. The molecule has 7 heteroatoms. The Morgan fingerprint density at radius 3 is 2.80 bits per heavy atom. The van der Waals surface area contributed by atoms with Crippen molar-refractivity contribution in [3.05, 3.63) is 52.4 Å². The first kappa shape index (κ1) is 19.8. The molecular formula is C18H22BrClN2O3. The molecule has 25 heavy (non-hydrogen) atoms. The van der Waals surface area contributed by atoms with E-state index in [0.717, 1.165) is 36.2 Å². The van der Waals surface area contributed by atoms with Gasteiger partial charge < -0.3 is 19.4 Å². The van der Waals surface area contributed by atoms with E-state index >= 15 is 0 Å². The molecule has 1 atom stereocenters. The topological polar surface area (TPSA) is 54.7 Å². The van der Waals surface area contributed by atoms with Crippen molar-refractivity contribution in [2.75, 3.05) is 20.1 Å². The van der Waals surface area contributed by atoms with Crippen molar-refractivity contribution in [1.82, 2.24) is 10.2 Å². The van der Waals surface area contributed by atoms with Crippen LogP contribution < -0.4 is 10.1 Å². The fourth-order valence-corrected chi connectivity index (χ4v) is 3.07. The number of ether oxygens (including phenoxy) is 1. The van der Waals surface area contributed by atoms with Crippen LogP contribution in [0.25, 0.3) is 0 Å². The zero-order chi connectivity index (χ0) is 16.9. The van der Waals surface area contributed by atoms with Gasteiger partial charge in [0.25, 0.3) is 5.91 Å². The second-order valence-electron chi connectivity index (χ2n) is 5.89. The number of piperidine rings is 1. The van der Waals surface area contributed by atoms with E-state index in [1.807, 2.05) is 36.2 Å². The van der Waals surface area contributed by atoms with E-state index in [9.17, 15) is 4.79 Å². The van der Waals surface area contributed by atoms with Gasteiger partial charge >= 0.3 is 0 Å². The zero-order valence-corrected chi connectivity index (χ0v) is 16.4. The molecule has 1 amide bonds. The average Bonchev–Trinajstić information content (AvgIpc) is 3.09. The molecule has 1 unspecified atom stereocenters. The molecule has 1 aromatic carbocycles. The summed E-state index contributed by atoms with van der Waals surface area (Å²) in [7, 11) is 1.93. The summed E-state index contributed by atoms with van der Waals surface area (Å²) in [5, 5.41) is 3.24. The molecule has 1 fully saturated rings. The maximum atomic E-state index is 12.5. The maximum absolute atomic E-state index is 12.5. The molecule has 1 aliphatic rings. The molecule has 1 saturated heterocycles. The summed E-state index contributed by atoms with van der Waals surface area (Å²) in [4.78, 5) is 14.4. The number of hydrogen-bond acceptors (Lipinski definition) is 4. The molecule has 2 heterocycles. The van der Waals surface area contributed by atoms with Gasteiger partial charge in [-0.05, 0) is 56.3 Å². The van der Waals surface area contributed by atoms with Gasteiger partial charge in [-0.2, -0.15) is 0 Å². The first-order valence-corrected chi connectivity index (χ1v) is 8.88. The fraction of sp³-hybridized carbons (Fsp3) is 0.389. The van der Waals surface area contributed by atoms with Crippen molar-refractivity contribution in [2.24, 2.45) is 0 Å². The van der Waals surface area contributed by atoms with E-state index in [4.69, 9.17) is 9.15 Å². The van der Waals surface area contributed by atoms with Gasteiger partial charge in [0.2, 0.25) is 0 Å².